The number of hydrogen-bond acceptors (Lipinski definition) is 7. The number of H-pyrrole nitrogens is 1. The molecule has 33 heavy (non-hydrogen) atoms. The van der Waals surface area contributed by atoms with Crippen LogP contribution in [-0.2, 0) is 30.9 Å². The van der Waals surface area contributed by atoms with Crippen molar-refractivity contribution in [2.75, 3.05) is 6.61 Å². The molecule has 9 nitrogen and oxygen atoms in total. The molecular formula is C24H27N7O2. The molecular weight excluding hydrogens is 418 g/mol. The summed E-state index contributed by atoms with van der Waals surface area (Å²) in [5.41, 5.74) is 3.62. The number of pyridine rings is 2. The van der Waals surface area contributed by atoms with Gasteiger partial charge in [0.2, 0.25) is 0 Å². The van der Waals surface area contributed by atoms with E-state index in [2.05, 4.69) is 30.4 Å². The molecule has 4 aromatic rings. The Morgan fingerprint density at radius 3 is 2.97 bits per heavy atom. The van der Waals surface area contributed by atoms with Crippen molar-refractivity contribution in [3.8, 4) is 0 Å². The van der Waals surface area contributed by atoms with Gasteiger partial charge in [-0.3, -0.25) is 14.7 Å². The average molecular weight is 446 g/mol. The number of tetrazole rings is 1. The number of benzene rings is 1. The zero-order chi connectivity index (χ0) is 22.6. The van der Waals surface area contributed by atoms with Crippen LogP contribution in [0.4, 0.5) is 0 Å². The van der Waals surface area contributed by atoms with E-state index in [0.29, 0.717) is 31.7 Å². The van der Waals surface area contributed by atoms with Gasteiger partial charge in [-0.15, -0.1) is 5.10 Å². The van der Waals surface area contributed by atoms with Crippen LogP contribution in [0.25, 0.3) is 10.9 Å². The Balaban J connectivity index is 1.42. The number of hydrogen-bond donors (Lipinski definition) is 1. The Labute approximate surface area is 191 Å². The number of aryl methyl sites for hydroxylation is 1. The highest BCUT2D eigenvalue weighted by Gasteiger charge is 2.21. The van der Waals surface area contributed by atoms with Crippen molar-refractivity contribution in [3.05, 3.63) is 81.7 Å². The van der Waals surface area contributed by atoms with E-state index in [1.165, 1.54) is 0 Å². The first-order valence-corrected chi connectivity index (χ1v) is 11.2. The van der Waals surface area contributed by atoms with Crippen LogP contribution in [0.1, 0.15) is 35.4 Å². The van der Waals surface area contributed by atoms with E-state index in [1.54, 1.807) is 6.20 Å². The third-order valence-corrected chi connectivity index (χ3v) is 6.06. The molecule has 1 aliphatic heterocycles. The Hall–Kier alpha value is -3.43. The van der Waals surface area contributed by atoms with Gasteiger partial charge in [-0.1, -0.05) is 24.3 Å². The van der Waals surface area contributed by atoms with Crippen LogP contribution in [0.3, 0.4) is 0 Å². The number of fused-ring (bicyclic) bond motifs is 1. The normalized spacial score (nSPS) is 16.1. The number of para-hydroxylation sites is 1. The summed E-state index contributed by atoms with van der Waals surface area (Å²) in [6.07, 6.45) is 5.83. The van der Waals surface area contributed by atoms with Gasteiger partial charge >= 0.3 is 0 Å². The van der Waals surface area contributed by atoms with Crippen molar-refractivity contribution in [3.63, 3.8) is 0 Å². The summed E-state index contributed by atoms with van der Waals surface area (Å²) in [5.74, 6) is 0.752. The van der Waals surface area contributed by atoms with E-state index < -0.39 is 0 Å². The summed E-state index contributed by atoms with van der Waals surface area (Å²) in [6.45, 7) is 5.01. The van der Waals surface area contributed by atoms with Crippen molar-refractivity contribution >= 4 is 10.9 Å². The van der Waals surface area contributed by atoms with Crippen LogP contribution in [0, 0.1) is 6.92 Å². The summed E-state index contributed by atoms with van der Waals surface area (Å²) in [7, 11) is 0. The second-order valence-electron chi connectivity index (χ2n) is 8.58. The molecule has 1 fully saturated rings. The lowest BCUT2D eigenvalue weighted by Gasteiger charge is -2.22. The first-order chi connectivity index (χ1) is 16.2. The van der Waals surface area contributed by atoms with Gasteiger partial charge in [0.1, 0.15) is 0 Å². The van der Waals surface area contributed by atoms with Gasteiger partial charge in [0.15, 0.2) is 5.82 Å². The smallest absolute Gasteiger partial charge is 0.252 e. The second kappa shape index (κ2) is 9.60. The van der Waals surface area contributed by atoms with Crippen molar-refractivity contribution in [1.82, 2.24) is 35.1 Å². The summed E-state index contributed by atoms with van der Waals surface area (Å²) in [6, 6.07) is 12.0. The van der Waals surface area contributed by atoms with E-state index in [4.69, 9.17) is 4.74 Å². The van der Waals surface area contributed by atoms with Crippen molar-refractivity contribution in [2.24, 2.45) is 0 Å². The summed E-state index contributed by atoms with van der Waals surface area (Å²) in [5, 5.41) is 13.4. The van der Waals surface area contributed by atoms with E-state index in [0.717, 1.165) is 47.3 Å². The minimum absolute atomic E-state index is 0.0769. The molecule has 1 saturated heterocycles. The number of ether oxygens (including phenoxy) is 1. The highest BCUT2D eigenvalue weighted by atomic mass is 16.5. The first-order valence-electron chi connectivity index (χ1n) is 11.2. The Morgan fingerprint density at radius 1 is 1.21 bits per heavy atom. The highest BCUT2D eigenvalue weighted by molar-refractivity contribution is 5.81. The molecule has 0 radical (unpaired) electrons. The van der Waals surface area contributed by atoms with Crippen LogP contribution < -0.4 is 5.56 Å². The van der Waals surface area contributed by atoms with E-state index in [1.807, 2.05) is 54.2 Å². The molecule has 1 aliphatic rings. The van der Waals surface area contributed by atoms with E-state index in [-0.39, 0.29) is 11.7 Å². The number of aromatic nitrogens is 6. The first kappa shape index (κ1) is 21.4. The monoisotopic (exact) mass is 445 g/mol. The van der Waals surface area contributed by atoms with Crippen LogP contribution in [0.5, 0.6) is 0 Å². The fraction of sp³-hybridized carbons (Fsp3) is 0.375. The molecule has 0 aliphatic carbocycles. The average Bonchev–Trinajstić information content (AvgIpc) is 3.48. The fourth-order valence-corrected chi connectivity index (χ4v) is 4.36. The maximum atomic E-state index is 12.9. The molecule has 0 amide bonds. The lowest BCUT2D eigenvalue weighted by molar-refractivity contribution is 0.0914. The molecule has 1 atom stereocenters. The maximum absolute atomic E-state index is 12.9. The van der Waals surface area contributed by atoms with Gasteiger partial charge in [0, 0.05) is 37.7 Å². The minimum Gasteiger partial charge on any atom is -0.376 e. The largest absolute Gasteiger partial charge is 0.376 e. The standard InChI is InChI=1S/C24H27N7O2/c1-17-5-2-7-19-11-20(24(32)26-23(17)19)14-30(13-18-6-3-9-25-12-18)16-22-27-28-29-31(22)15-21-8-4-10-33-21/h2-3,5-7,9,11-12,21H,4,8,10,13-16H2,1H3,(H,26,32)/t21-/m1/s1. The molecule has 5 rings (SSSR count). The van der Waals surface area contributed by atoms with Gasteiger partial charge in [0.25, 0.3) is 5.56 Å². The molecule has 0 unspecified atom stereocenters. The molecule has 170 valence electrons. The Kier molecular flexibility index (Phi) is 6.23. The number of aromatic amines is 1. The summed E-state index contributed by atoms with van der Waals surface area (Å²) < 4.78 is 7.58. The zero-order valence-electron chi connectivity index (χ0n) is 18.6. The number of rotatable bonds is 8. The quantitative estimate of drug-likeness (QED) is 0.445. The third-order valence-electron chi connectivity index (χ3n) is 6.06. The van der Waals surface area contributed by atoms with Crippen molar-refractivity contribution < 1.29 is 4.74 Å². The van der Waals surface area contributed by atoms with E-state index >= 15 is 0 Å². The van der Waals surface area contributed by atoms with Gasteiger partial charge in [-0.25, -0.2) is 4.68 Å². The predicted molar refractivity (Wildman–Crippen MR) is 123 cm³/mol. The topological polar surface area (TPSA) is 102 Å². The molecule has 0 spiro atoms. The Morgan fingerprint density at radius 2 is 2.15 bits per heavy atom. The molecule has 3 aromatic heterocycles. The molecule has 1 N–H and O–H groups in total. The van der Waals surface area contributed by atoms with Gasteiger partial charge in [-0.05, 0) is 58.8 Å². The molecule has 0 saturated carbocycles. The van der Waals surface area contributed by atoms with Crippen LogP contribution in [0.2, 0.25) is 0 Å². The SMILES string of the molecule is Cc1cccc2cc(CN(Cc3cccnc3)Cc3nnnn3C[C@H]3CCCO3)c(=O)[nH]c12. The van der Waals surface area contributed by atoms with Crippen LogP contribution in [-0.4, -0.2) is 47.8 Å². The van der Waals surface area contributed by atoms with Gasteiger partial charge in [0.05, 0.1) is 24.7 Å². The minimum atomic E-state index is -0.0769. The van der Waals surface area contributed by atoms with Crippen molar-refractivity contribution in [1.29, 1.82) is 0 Å². The van der Waals surface area contributed by atoms with Gasteiger partial charge < -0.3 is 9.72 Å². The molecule has 0 bridgehead atoms. The molecule has 9 heteroatoms. The summed E-state index contributed by atoms with van der Waals surface area (Å²) in [4.78, 5) is 22.4. The Bertz CT molecular complexity index is 1280. The fourth-order valence-electron chi connectivity index (χ4n) is 4.36. The lowest BCUT2D eigenvalue weighted by Crippen LogP contribution is -2.29. The second-order valence-corrected chi connectivity index (χ2v) is 8.58. The van der Waals surface area contributed by atoms with E-state index in [9.17, 15) is 4.79 Å². The van der Waals surface area contributed by atoms with Gasteiger partial charge in [-0.2, -0.15) is 0 Å². The highest BCUT2D eigenvalue weighted by Crippen LogP contribution is 2.18. The summed E-state index contributed by atoms with van der Waals surface area (Å²) >= 11 is 0. The number of nitrogens with zero attached hydrogens (tertiary/aromatic N) is 6. The molecule has 4 heterocycles. The lowest BCUT2D eigenvalue weighted by atomic mass is 10.1. The van der Waals surface area contributed by atoms with Crippen LogP contribution in [0.15, 0.2) is 53.6 Å². The van der Waals surface area contributed by atoms with Crippen molar-refractivity contribution in [2.45, 2.75) is 52.0 Å². The molecule has 1 aromatic carbocycles. The predicted octanol–water partition coefficient (Wildman–Crippen LogP) is 2.60. The third kappa shape index (κ3) is 4.99. The zero-order valence-corrected chi connectivity index (χ0v) is 18.6. The van der Waals surface area contributed by atoms with Crippen LogP contribution >= 0.6 is 0 Å². The number of nitrogens with one attached hydrogen (secondary N) is 1. The maximum Gasteiger partial charge on any atom is 0.252 e.